The van der Waals surface area contributed by atoms with Gasteiger partial charge >= 0.3 is 12.3 Å². The van der Waals surface area contributed by atoms with Gasteiger partial charge in [0, 0.05) is 34.8 Å². The minimum atomic E-state index is -1.06. The molecule has 0 aliphatic heterocycles. The normalized spacial score (nSPS) is 11.6. The van der Waals surface area contributed by atoms with Crippen LogP contribution >= 0.6 is 0 Å². The average molecular weight is 1620 g/mol. The van der Waals surface area contributed by atoms with Gasteiger partial charge in [-0.1, -0.05) is 133 Å². The lowest BCUT2D eigenvalue weighted by Gasteiger charge is -2.27. The monoisotopic (exact) mass is 1620 g/mol. The van der Waals surface area contributed by atoms with E-state index < -0.39 is 35.3 Å². The van der Waals surface area contributed by atoms with Crippen molar-refractivity contribution >= 4 is 12.3 Å². The molecule has 12 aromatic carbocycles. The zero-order valence-electron chi connectivity index (χ0n) is 76.6. The van der Waals surface area contributed by atoms with E-state index in [1.807, 2.05) is 104 Å². The highest BCUT2D eigenvalue weighted by atomic mass is 16.8. The third-order valence-corrected chi connectivity index (χ3v) is 24.2. The minimum Gasteiger partial charge on any atom is -0.508 e. The van der Waals surface area contributed by atoms with Crippen molar-refractivity contribution in [3.8, 4) is 34.5 Å². The summed E-state index contributed by atoms with van der Waals surface area (Å²) < 4.78 is 13.8. The topological polar surface area (TPSA) is 183 Å². The summed E-state index contributed by atoms with van der Waals surface area (Å²) in [5.41, 5.74) is 42.2. The molecular weight excluding hydrogens is 1500 g/mol. The second-order valence-electron chi connectivity index (χ2n) is 36.4. The second kappa shape index (κ2) is 37.0. The van der Waals surface area contributed by atoms with E-state index in [4.69, 9.17) is 9.47 Å². The van der Waals surface area contributed by atoms with Gasteiger partial charge in [-0.2, -0.15) is 0 Å². The average Bonchev–Trinajstić information content (AvgIpc) is 0.779. The molecule has 0 atom stereocenters. The van der Waals surface area contributed by atoms with Gasteiger partial charge in [-0.3, -0.25) is 0 Å². The van der Waals surface area contributed by atoms with Gasteiger partial charge in [0.1, 0.15) is 45.7 Å². The van der Waals surface area contributed by atoms with Crippen LogP contribution in [0.1, 0.15) is 277 Å². The minimum absolute atomic E-state index is 0.136. The molecule has 0 saturated heterocycles. The van der Waals surface area contributed by atoms with Crippen molar-refractivity contribution in [2.45, 2.75) is 242 Å². The molecule has 0 saturated carbocycles. The summed E-state index contributed by atoms with van der Waals surface area (Å²) in [5.74, 6) is 0.630. The lowest BCUT2D eigenvalue weighted by atomic mass is 9.76. The molecule has 11 heteroatoms. The third-order valence-electron chi connectivity index (χ3n) is 24.2. The van der Waals surface area contributed by atoms with E-state index in [9.17, 15) is 40.2 Å². The van der Waals surface area contributed by atoms with E-state index in [2.05, 4.69) is 187 Å². The summed E-state index contributed by atoms with van der Waals surface area (Å²) in [5, 5.41) is 65.1. The number of hydrogen-bond donors (Lipinski definition) is 6. The van der Waals surface area contributed by atoms with E-state index in [-0.39, 0.29) is 46.3 Å². The summed E-state index contributed by atoms with van der Waals surface area (Å²) in [6.07, 6.45) is -0.730. The predicted octanol–water partition coefficient (Wildman–Crippen LogP) is 27.2. The van der Waals surface area contributed by atoms with Crippen LogP contribution in [0.25, 0.3) is 0 Å². The molecule has 0 radical (unpaired) electrons. The number of hydrogen-bond acceptors (Lipinski definition) is 11. The molecular formula is C110H126O11. The molecule has 0 unspecified atom stereocenters. The van der Waals surface area contributed by atoms with Crippen LogP contribution in [0, 0.1) is 152 Å². The van der Waals surface area contributed by atoms with Crippen molar-refractivity contribution in [1.29, 1.82) is 0 Å². The number of phenols is 6. The van der Waals surface area contributed by atoms with Crippen LogP contribution in [0.4, 0.5) is 9.59 Å². The van der Waals surface area contributed by atoms with Crippen LogP contribution in [0.3, 0.4) is 0 Å². The van der Waals surface area contributed by atoms with Gasteiger partial charge in [-0.15, -0.1) is 0 Å². The summed E-state index contributed by atoms with van der Waals surface area (Å²) in [4.78, 5) is 22.0. The standard InChI is InChI=1S/C53H60.C47H48O6.C10H18O5/c1-30-15-17-44(28-50(30)52(46-23-36(7)32(3)19-40(46)11)47-24-37(8)33(4)20-41(47)12)27-45-18-16-31(2)51(29-45)53(48-25-38(9)34(5)21-42(48)13)49-26-39(10)35(6)22-43(49)14;1-24-17-42(50)28(5)13-34(24)46(35-14-29(6)43(51)18-25(35)2)38-22-32(9-11-40(38)48)21-33-10-12-41(49)39(23-33)47(36-15-30(7)44(52)19-26(36)3)37-16-31(8)45(53)20-27(37)4;1-9(2,3)14-7(11)13-8(12)15-10(4,5)6/h15-26,28-29,52-53H,27H2,1-14H3;9-20,22-23,46-53H,21H2,1-8H3;1-6H3. The highest BCUT2D eigenvalue weighted by Gasteiger charge is 2.32. The van der Waals surface area contributed by atoms with Crippen LogP contribution in [-0.4, -0.2) is 54.2 Å². The lowest BCUT2D eigenvalue weighted by molar-refractivity contribution is -0.0294. The maximum atomic E-state index is 11.5. The number of aromatic hydroxyl groups is 6. The molecule has 0 amide bonds. The Morgan fingerprint density at radius 1 is 0.215 bits per heavy atom. The molecule has 0 spiro atoms. The molecule has 0 bridgehead atoms. The first-order chi connectivity index (χ1) is 56.6. The fourth-order valence-corrected chi connectivity index (χ4v) is 16.9. The highest BCUT2D eigenvalue weighted by Crippen LogP contribution is 2.48. The van der Waals surface area contributed by atoms with Crippen molar-refractivity contribution in [2.75, 3.05) is 0 Å². The van der Waals surface area contributed by atoms with Gasteiger partial charge in [-0.25, -0.2) is 9.59 Å². The molecule has 121 heavy (non-hydrogen) atoms. The maximum absolute atomic E-state index is 11.5. The van der Waals surface area contributed by atoms with E-state index >= 15 is 0 Å². The van der Waals surface area contributed by atoms with Crippen LogP contribution in [-0.2, 0) is 27.1 Å². The number of ether oxygens (including phenoxy) is 3. The summed E-state index contributed by atoms with van der Waals surface area (Å²) in [6.45, 7) is 57.0. The number of carbonyl (C=O) groups is 2. The molecule has 11 nitrogen and oxygen atoms in total. The number of phenolic OH excluding ortho intramolecular Hbond substituents is 6. The largest absolute Gasteiger partial charge is 0.519 e. The molecule has 0 heterocycles. The zero-order valence-corrected chi connectivity index (χ0v) is 76.6. The Balaban J connectivity index is 0.000000217. The number of aryl methyl sites for hydroxylation is 22. The lowest BCUT2D eigenvalue weighted by Crippen LogP contribution is -2.29. The molecule has 6 N–H and O–H groups in total. The molecule has 12 aromatic rings. The van der Waals surface area contributed by atoms with Gasteiger partial charge < -0.3 is 44.8 Å². The van der Waals surface area contributed by atoms with Gasteiger partial charge in [0.15, 0.2) is 0 Å². The van der Waals surface area contributed by atoms with E-state index in [0.717, 1.165) is 84.3 Å². The van der Waals surface area contributed by atoms with Gasteiger partial charge in [0.2, 0.25) is 0 Å². The second-order valence-corrected chi connectivity index (χ2v) is 36.4. The SMILES string of the molecule is CC(C)(C)OC(=O)OC(=O)OC(C)(C)C.Cc1cc(C(c2cc(C)c(O)cc2C)c2cc(Cc3ccc(O)c(C(c4cc(C)c(O)cc4C)c4cc(C)c(O)cc4C)c3)ccc2O)c(C)cc1O.Cc1cc(C)c(C(c2cc(Cc3ccc(C)c(C(c4cc(C)c(C)cc4C)c4cc(C)c(C)cc4C)c3)ccc2C)c2cc(C)c(C)cc2C)cc1C. The molecule has 0 aromatic heterocycles. The Morgan fingerprint density at radius 2 is 0.397 bits per heavy atom. The predicted molar refractivity (Wildman–Crippen MR) is 494 cm³/mol. The first-order valence-corrected chi connectivity index (χ1v) is 42.0. The molecule has 12 rings (SSSR count). The van der Waals surface area contributed by atoms with E-state index in [0.29, 0.717) is 17.5 Å². The fourth-order valence-electron chi connectivity index (χ4n) is 16.9. The number of rotatable bonds is 16. The van der Waals surface area contributed by atoms with Crippen molar-refractivity contribution in [3.63, 3.8) is 0 Å². The number of carbonyl (C=O) groups excluding carboxylic acids is 2. The van der Waals surface area contributed by atoms with E-state index in [1.165, 1.54) is 122 Å². The van der Waals surface area contributed by atoms with Crippen molar-refractivity contribution in [2.24, 2.45) is 0 Å². The Bertz CT molecular complexity index is 5030. The maximum Gasteiger partial charge on any atom is 0.519 e. The van der Waals surface area contributed by atoms with Crippen molar-refractivity contribution in [1.82, 2.24) is 0 Å². The van der Waals surface area contributed by atoms with Crippen molar-refractivity contribution in [3.05, 3.63) is 381 Å². The Kier molecular flexibility index (Phi) is 28.0. The highest BCUT2D eigenvalue weighted by molar-refractivity contribution is 5.77. The van der Waals surface area contributed by atoms with Gasteiger partial charge in [0.05, 0.1) is 0 Å². The van der Waals surface area contributed by atoms with E-state index in [1.54, 1.807) is 77.9 Å². The zero-order chi connectivity index (χ0) is 89.2. The van der Waals surface area contributed by atoms with Crippen LogP contribution in [0.2, 0.25) is 0 Å². The Hall–Kier alpha value is -11.8. The first kappa shape index (κ1) is 91.5. The first-order valence-electron chi connectivity index (χ1n) is 42.0. The van der Waals surface area contributed by atoms with Crippen LogP contribution < -0.4 is 0 Å². The Labute approximate surface area is 719 Å². The quantitative estimate of drug-likeness (QED) is 0.0308. The molecule has 632 valence electrons. The van der Waals surface area contributed by atoms with Crippen LogP contribution in [0.5, 0.6) is 34.5 Å². The summed E-state index contributed by atoms with van der Waals surface area (Å²) >= 11 is 0. The van der Waals surface area contributed by atoms with Crippen molar-refractivity contribution < 1.29 is 54.4 Å². The Morgan fingerprint density at radius 3 is 0.628 bits per heavy atom. The molecule has 0 fully saturated rings. The molecule has 0 aliphatic rings. The van der Waals surface area contributed by atoms with Gasteiger partial charge in [0.25, 0.3) is 0 Å². The summed E-state index contributed by atoms with van der Waals surface area (Å²) in [7, 11) is 0. The fraction of sp³-hybridized carbons (Fsp3) is 0.327. The summed E-state index contributed by atoms with van der Waals surface area (Å²) in [6, 6.07) is 60.0. The van der Waals surface area contributed by atoms with Gasteiger partial charge in [-0.05, 0) is 443 Å². The third kappa shape index (κ3) is 21.5. The number of benzene rings is 12. The smallest absolute Gasteiger partial charge is 0.508 e. The molecule has 0 aliphatic carbocycles. The van der Waals surface area contributed by atoms with Crippen LogP contribution in [0.15, 0.2) is 170 Å².